The van der Waals surface area contributed by atoms with E-state index in [1.54, 1.807) is 0 Å². The van der Waals surface area contributed by atoms with E-state index in [-0.39, 0.29) is 64.0 Å². The fourth-order valence-corrected chi connectivity index (χ4v) is 6.22. The number of aromatic amines is 2. The molecule has 0 radical (unpaired) electrons. The summed E-state index contributed by atoms with van der Waals surface area (Å²) >= 11 is 0. The van der Waals surface area contributed by atoms with E-state index in [1.807, 2.05) is 0 Å². The molecule has 22 N–H and O–H groups in total. The van der Waals surface area contributed by atoms with Crippen molar-refractivity contribution in [1.82, 2.24) is 57.2 Å². The van der Waals surface area contributed by atoms with Crippen molar-refractivity contribution in [2.75, 3.05) is 19.7 Å². The first kappa shape index (κ1) is 56.9. The number of nitrogens with zero attached hydrogens (tertiary/aromatic N) is 3. The third-order valence-corrected chi connectivity index (χ3v) is 10.0. The van der Waals surface area contributed by atoms with Gasteiger partial charge in [-0.2, -0.15) is 0 Å². The maximum atomic E-state index is 14.0. The maximum absolute atomic E-state index is 14.0. The Labute approximate surface area is 390 Å². The van der Waals surface area contributed by atoms with E-state index in [9.17, 15) is 58.5 Å². The van der Waals surface area contributed by atoms with E-state index in [2.05, 4.69) is 62.1 Å². The Morgan fingerprint density at radius 1 is 0.647 bits per heavy atom. The summed E-state index contributed by atoms with van der Waals surface area (Å²) in [6, 6.07) is -11.7. The summed E-state index contributed by atoms with van der Waals surface area (Å²) in [5, 5.41) is 47.2. The molecule has 0 aliphatic heterocycles. The third-order valence-electron chi connectivity index (χ3n) is 10.0. The number of unbranched alkanes of at least 4 members (excludes halogenated alkanes) is 1. The van der Waals surface area contributed by atoms with E-state index >= 15 is 0 Å². The van der Waals surface area contributed by atoms with Crippen LogP contribution in [0.5, 0.6) is 0 Å². The monoisotopic (exact) mass is 963 g/mol. The average Bonchev–Trinajstić information content (AvgIpc) is 4.01. The van der Waals surface area contributed by atoms with Crippen LogP contribution in [0, 0.1) is 0 Å². The molecule has 378 valence electrons. The largest absolute Gasteiger partial charge is 0.480 e. The van der Waals surface area contributed by atoms with Crippen LogP contribution in [0.15, 0.2) is 30.0 Å². The minimum atomic E-state index is -1.74. The van der Waals surface area contributed by atoms with Crippen molar-refractivity contribution in [2.24, 2.45) is 33.7 Å². The molecule has 0 unspecified atom stereocenters. The van der Waals surface area contributed by atoms with Gasteiger partial charge in [0.25, 0.3) is 0 Å². The fraction of sp³-hybridized carbons (Fsp3) is 0.590. The predicted molar refractivity (Wildman–Crippen MR) is 239 cm³/mol. The van der Waals surface area contributed by atoms with Crippen LogP contribution in [0.2, 0.25) is 0 Å². The molecule has 0 aromatic carbocycles. The molecule has 68 heavy (non-hydrogen) atoms. The van der Waals surface area contributed by atoms with E-state index in [4.69, 9.17) is 28.7 Å². The number of aliphatic imine (C=N–C) groups is 1. The van der Waals surface area contributed by atoms with Gasteiger partial charge in [0.05, 0.1) is 31.4 Å². The number of primary amides is 1. The molecule has 8 amide bonds. The Morgan fingerprint density at radius 2 is 1.15 bits per heavy atom. The summed E-state index contributed by atoms with van der Waals surface area (Å²) < 4.78 is 0. The van der Waals surface area contributed by atoms with Crippen LogP contribution >= 0.6 is 0 Å². The number of aliphatic hydroxyl groups excluding tert-OH is 2. The molecule has 0 fully saturated rings. The molecule has 9 atom stereocenters. The molecule has 29 nitrogen and oxygen atoms in total. The lowest BCUT2D eigenvalue weighted by atomic mass is 10.0. The molecule has 2 rings (SSSR count). The summed E-state index contributed by atoms with van der Waals surface area (Å²) in [7, 11) is 0. The quantitative estimate of drug-likeness (QED) is 0.0184. The number of H-pyrrole nitrogens is 2. The highest BCUT2D eigenvalue weighted by atomic mass is 16.4. The Hall–Kier alpha value is -7.24. The lowest BCUT2D eigenvalue weighted by molar-refractivity contribution is -0.142. The van der Waals surface area contributed by atoms with Crippen molar-refractivity contribution in [1.29, 1.82) is 0 Å². The molecule has 29 heteroatoms. The number of carbonyl (C=O) groups is 9. The first-order chi connectivity index (χ1) is 32.2. The number of hydrogen-bond acceptors (Lipinski definition) is 16. The van der Waals surface area contributed by atoms with Crippen LogP contribution in [-0.4, -0.2) is 169 Å². The van der Waals surface area contributed by atoms with Crippen LogP contribution in [0.1, 0.15) is 70.2 Å². The van der Waals surface area contributed by atoms with Crippen LogP contribution in [0.4, 0.5) is 0 Å². The summed E-state index contributed by atoms with van der Waals surface area (Å²) in [5.41, 5.74) is 28.1. The van der Waals surface area contributed by atoms with Gasteiger partial charge in [-0.05, 0) is 58.9 Å². The number of amides is 8. The van der Waals surface area contributed by atoms with E-state index in [0.29, 0.717) is 24.2 Å². The maximum Gasteiger partial charge on any atom is 0.326 e. The lowest BCUT2D eigenvalue weighted by Gasteiger charge is -2.28. The van der Waals surface area contributed by atoms with Crippen molar-refractivity contribution >= 4 is 59.2 Å². The number of aromatic nitrogens is 4. The number of carbonyl (C=O) groups excluding carboxylic acids is 8. The van der Waals surface area contributed by atoms with E-state index in [0.717, 1.165) is 0 Å². The van der Waals surface area contributed by atoms with Crippen molar-refractivity contribution in [3.8, 4) is 0 Å². The number of nitrogens with two attached hydrogens (primary N) is 5. The second kappa shape index (κ2) is 29.4. The highest BCUT2D eigenvalue weighted by Crippen LogP contribution is 2.09. The Morgan fingerprint density at radius 3 is 1.66 bits per heavy atom. The van der Waals surface area contributed by atoms with Crippen LogP contribution in [0.25, 0.3) is 0 Å². The molecule has 0 aliphatic carbocycles. The SMILES string of the molecule is C[C@H](NC(=O)[C@H](CO)NC(=O)[C@@H](N)CCC(N)=O)C(=O)N[C@@H](Cc1cnc[nH]1)C(=O)N[C@@H](CCCN=C(N)N)C(=O)N[C@H](C(=O)N[C@@H](CCCCN)C(=O)N[C@@H](Cc1cnc[nH]1)C(=O)O)[C@@H](C)O. The Balaban J connectivity index is 2.32. The number of carboxylic acid groups (broad SMARTS) is 1. The first-order valence-electron chi connectivity index (χ1n) is 21.5. The molecular weight excluding hydrogens is 899 g/mol. The van der Waals surface area contributed by atoms with Crippen LogP contribution < -0.4 is 65.9 Å². The highest BCUT2D eigenvalue weighted by molar-refractivity contribution is 5.97. The Kier molecular flexibility index (Phi) is 24.6. The zero-order valence-corrected chi connectivity index (χ0v) is 37.7. The molecule has 2 aromatic rings. The van der Waals surface area contributed by atoms with Crippen LogP contribution in [0.3, 0.4) is 0 Å². The smallest absolute Gasteiger partial charge is 0.326 e. The molecule has 2 heterocycles. The van der Waals surface area contributed by atoms with Gasteiger partial charge in [0.15, 0.2) is 5.96 Å². The standard InChI is InChI=1S/C39H65N17O12/c1-19(50-36(65)28(16-57)55-32(61)23(41)8-9-29(42)59)31(60)53-26(12-21-14-45-17-48-21)35(64)51-25(7-5-11-47-39(43)44)34(63)56-30(20(2)58)37(66)52-24(6-3-4-10-40)33(62)54-27(38(67)68)13-22-15-46-18-49-22/h14-15,17-20,23-28,30,57-58H,3-13,16,40-41H2,1-2H3,(H2,42,59)(H,45,48)(H,46,49)(H,50,65)(H,51,64)(H,52,66)(H,53,60)(H,54,62)(H,55,61)(H,56,63)(H,67,68)(H4,43,44,47)/t19-,20+,23-,24-,25-,26-,27-,28-,30-/m0/s1. The van der Waals surface area contributed by atoms with Gasteiger partial charge in [-0.15, -0.1) is 0 Å². The predicted octanol–water partition coefficient (Wildman–Crippen LogP) is -7.44. The van der Waals surface area contributed by atoms with Gasteiger partial charge in [0.2, 0.25) is 47.3 Å². The van der Waals surface area contributed by atoms with Crippen molar-refractivity contribution in [3.63, 3.8) is 0 Å². The lowest BCUT2D eigenvalue weighted by Crippen LogP contribution is -2.61. The van der Waals surface area contributed by atoms with Crippen molar-refractivity contribution in [2.45, 2.75) is 126 Å². The van der Waals surface area contributed by atoms with Gasteiger partial charge in [-0.25, -0.2) is 14.8 Å². The minimum absolute atomic E-state index is 0.00613. The molecular formula is C39H65N17O12. The molecule has 0 saturated carbocycles. The average molecular weight is 964 g/mol. The van der Waals surface area contributed by atoms with E-state index < -0.39 is 114 Å². The van der Waals surface area contributed by atoms with Crippen molar-refractivity contribution < 1.29 is 58.5 Å². The van der Waals surface area contributed by atoms with Gasteiger partial charge < -0.3 is 91.2 Å². The normalized spacial score (nSPS) is 15.0. The number of rotatable bonds is 32. The summed E-state index contributed by atoms with van der Waals surface area (Å²) in [6.45, 7) is 1.75. The second-order valence-electron chi connectivity index (χ2n) is 15.7. The minimum Gasteiger partial charge on any atom is -0.480 e. The zero-order valence-electron chi connectivity index (χ0n) is 37.7. The van der Waals surface area contributed by atoms with Gasteiger partial charge in [0.1, 0.15) is 42.3 Å². The number of hydrogen-bond donors (Lipinski definition) is 17. The zero-order chi connectivity index (χ0) is 50.9. The molecule has 0 aliphatic rings. The summed E-state index contributed by atoms with van der Waals surface area (Å²) in [4.78, 5) is 135. The van der Waals surface area contributed by atoms with E-state index in [1.165, 1.54) is 38.9 Å². The topological polar surface area (TPSA) is 498 Å². The number of nitrogens with one attached hydrogen (secondary N) is 9. The molecule has 0 saturated heterocycles. The number of imidazole rings is 2. The summed E-state index contributed by atoms with van der Waals surface area (Å²) in [6.07, 6.45) is 3.67. The Bertz CT molecular complexity index is 2000. The first-order valence-corrected chi connectivity index (χ1v) is 21.5. The third kappa shape index (κ3) is 20.5. The van der Waals surface area contributed by atoms with Gasteiger partial charge in [0, 0.05) is 49.6 Å². The summed E-state index contributed by atoms with van der Waals surface area (Å²) in [5.74, 6) is -9.03. The number of aliphatic hydroxyl groups is 2. The molecule has 0 spiro atoms. The van der Waals surface area contributed by atoms with Crippen LogP contribution in [-0.2, 0) is 56.0 Å². The highest BCUT2D eigenvalue weighted by Gasteiger charge is 2.35. The number of guanidine groups is 1. The second-order valence-corrected chi connectivity index (χ2v) is 15.7. The molecule has 2 aromatic heterocycles. The number of carboxylic acids is 1. The van der Waals surface area contributed by atoms with Gasteiger partial charge >= 0.3 is 5.97 Å². The fourth-order valence-electron chi connectivity index (χ4n) is 6.22. The molecule has 0 bridgehead atoms. The number of aliphatic carboxylic acids is 1. The van der Waals surface area contributed by atoms with Gasteiger partial charge in [-0.3, -0.25) is 43.3 Å². The van der Waals surface area contributed by atoms with Crippen molar-refractivity contribution in [3.05, 3.63) is 36.4 Å². The van der Waals surface area contributed by atoms with Gasteiger partial charge in [-0.1, -0.05) is 0 Å².